The highest BCUT2D eigenvalue weighted by Crippen LogP contribution is 2.32. The first-order chi connectivity index (χ1) is 25.8. The van der Waals surface area contributed by atoms with Gasteiger partial charge in [-0.15, -0.1) is 0 Å². The molecule has 3 aromatic heterocycles. The number of aromatic nitrogens is 3. The van der Waals surface area contributed by atoms with Gasteiger partial charge in [0.05, 0.1) is 22.8 Å². The van der Waals surface area contributed by atoms with Gasteiger partial charge >= 0.3 is 0 Å². The second-order valence-corrected chi connectivity index (χ2v) is 14.5. The Balaban J connectivity index is 0.761. The number of nitrogens with zero attached hydrogens (tertiary/aromatic N) is 7. The Kier molecular flexibility index (Phi) is 8.37. The lowest BCUT2D eigenvalue weighted by Gasteiger charge is -2.38. The molecule has 53 heavy (non-hydrogen) atoms. The summed E-state index contributed by atoms with van der Waals surface area (Å²) in [6.45, 7) is 6.46. The molecule has 7 heterocycles. The summed E-state index contributed by atoms with van der Waals surface area (Å²) in [5.41, 5.74) is 2.48. The molecule has 13 heteroatoms. The molecule has 4 amide bonds. The van der Waals surface area contributed by atoms with E-state index < -0.39 is 23.8 Å². The maximum atomic E-state index is 13.8. The monoisotopic (exact) mass is 714 g/mol. The lowest BCUT2D eigenvalue weighted by Crippen LogP contribution is -2.54. The van der Waals surface area contributed by atoms with Crippen LogP contribution in [0, 0.1) is 11.7 Å². The predicted octanol–water partition coefficient (Wildman–Crippen LogP) is 4.54. The third-order valence-corrected chi connectivity index (χ3v) is 11.4. The average molecular weight is 715 g/mol. The zero-order chi connectivity index (χ0) is 36.2. The SMILES string of the molecule is O=C1CCC(N2C(=O)c3ccc(N4CCN(CCC5CCN(c6cc7ccn(-c8cc9cc(F)ccc9cn8)c7cn6)CC5)CC4)cc3C2=O)C(=O)N1. The molecule has 1 unspecified atom stereocenters. The molecular formula is C40H39FN8O4. The average Bonchev–Trinajstić information content (AvgIpc) is 3.71. The van der Waals surface area contributed by atoms with Gasteiger partial charge in [-0.25, -0.2) is 14.4 Å². The molecule has 4 aliphatic heterocycles. The van der Waals surface area contributed by atoms with Gasteiger partial charge in [-0.1, -0.05) is 0 Å². The van der Waals surface area contributed by atoms with Crippen LogP contribution in [-0.2, 0) is 9.59 Å². The number of rotatable bonds is 7. The fourth-order valence-electron chi connectivity index (χ4n) is 8.33. The summed E-state index contributed by atoms with van der Waals surface area (Å²) in [6.07, 6.45) is 9.30. The van der Waals surface area contributed by atoms with Gasteiger partial charge in [0.2, 0.25) is 11.8 Å². The molecule has 0 spiro atoms. The van der Waals surface area contributed by atoms with Gasteiger partial charge in [0.15, 0.2) is 0 Å². The zero-order valence-electron chi connectivity index (χ0n) is 29.2. The summed E-state index contributed by atoms with van der Waals surface area (Å²) in [6, 6.07) is 15.2. The molecule has 0 bridgehead atoms. The van der Waals surface area contributed by atoms with Crippen LogP contribution < -0.4 is 15.1 Å². The van der Waals surface area contributed by atoms with E-state index in [0.717, 1.165) is 109 Å². The molecule has 1 N–H and O–H groups in total. The van der Waals surface area contributed by atoms with E-state index in [1.165, 1.54) is 12.1 Å². The molecule has 3 fully saturated rings. The van der Waals surface area contributed by atoms with E-state index in [-0.39, 0.29) is 24.6 Å². The summed E-state index contributed by atoms with van der Waals surface area (Å²) in [7, 11) is 0. The molecule has 12 nitrogen and oxygen atoms in total. The van der Waals surface area contributed by atoms with Gasteiger partial charge in [-0.05, 0) is 98.1 Å². The minimum Gasteiger partial charge on any atom is -0.369 e. The van der Waals surface area contributed by atoms with Crippen LogP contribution in [0.1, 0.15) is 52.8 Å². The summed E-state index contributed by atoms with van der Waals surface area (Å²) < 4.78 is 15.8. The predicted molar refractivity (Wildman–Crippen MR) is 198 cm³/mol. The van der Waals surface area contributed by atoms with Gasteiger partial charge in [0.1, 0.15) is 23.5 Å². The van der Waals surface area contributed by atoms with Gasteiger partial charge in [-0.2, -0.15) is 0 Å². The van der Waals surface area contributed by atoms with Crippen molar-refractivity contribution in [2.24, 2.45) is 5.92 Å². The first kappa shape index (κ1) is 33.2. The van der Waals surface area contributed by atoms with Crippen LogP contribution in [0.25, 0.3) is 27.5 Å². The zero-order valence-corrected chi connectivity index (χ0v) is 29.2. The Bertz CT molecular complexity index is 2290. The van der Waals surface area contributed by atoms with Gasteiger partial charge in [-0.3, -0.25) is 38.9 Å². The Morgan fingerprint density at radius 1 is 0.717 bits per heavy atom. The fraction of sp³-hybridized carbons (Fsp3) is 0.350. The summed E-state index contributed by atoms with van der Waals surface area (Å²) in [5, 5.41) is 5.04. The van der Waals surface area contributed by atoms with Crippen LogP contribution in [0.15, 0.2) is 73.2 Å². The lowest BCUT2D eigenvalue weighted by molar-refractivity contribution is -0.136. The number of pyridine rings is 2. The van der Waals surface area contributed by atoms with Gasteiger partial charge in [0, 0.05) is 74.5 Å². The molecule has 0 saturated carbocycles. The van der Waals surface area contributed by atoms with Crippen LogP contribution in [0.2, 0.25) is 0 Å². The number of piperazine rings is 1. The molecular weight excluding hydrogens is 675 g/mol. The highest BCUT2D eigenvalue weighted by molar-refractivity contribution is 6.23. The van der Waals surface area contributed by atoms with Crippen molar-refractivity contribution in [3.63, 3.8) is 0 Å². The van der Waals surface area contributed by atoms with Crippen LogP contribution in [0.4, 0.5) is 15.9 Å². The topological polar surface area (TPSA) is 124 Å². The number of imide groups is 2. The van der Waals surface area contributed by atoms with E-state index >= 15 is 0 Å². The van der Waals surface area contributed by atoms with Crippen LogP contribution >= 0.6 is 0 Å². The van der Waals surface area contributed by atoms with Gasteiger partial charge in [0.25, 0.3) is 11.8 Å². The van der Waals surface area contributed by atoms with E-state index in [1.54, 1.807) is 24.4 Å². The van der Waals surface area contributed by atoms with Gasteiger partial charge < -0.3 is 9.80 Å². The number of hydrogen-bond acceptors (Lipinski definition) is 9. The largest absolute Gasteiger partial charge is 0.369 e. The third kappa shape index (κ3) is 6.18. The number of carbonyl (C=O) groups excluding carboxylic acids is 4. The number of nitrogens with one attached hydrogen (secondary N) is 1. The number of amides is 4. The number of halogens is 1. The number of carbonyl (C=O) groups is 4. The Morgan fingerprint density at radius 2 is 1.49 bits per heavy atom. The minimum absolute atomic E-state index is 0.0987. The number of piperidine rings is 2. The third-order valence-electron chi connectivity index (χ3n) is 11.4. The molecule has 2 aromatic carbocycles. The van der Waals surface area contributed by atoms with E-state index in [9.17, 15) is 23.6 Å². The normalized spacial score (nSPS) is 20.2. The van der Waals surface area contributed by atoms with Crippen molar-refractivity contribution in [3.05, 3.63) is 90.1 Å². The van der Waals surface area contributed by atoms with Crippen LogP contribution in [0.5, 0.6) is 0 Å². The Morgan fingerprint density at radius 3 is 2.30 bits per heavy atom. The molecule has 0 radical (unpaired) electrons. The van der Waals surface area contributed by atoms with Crippen molar-refractivity contribution in [2.75, 3.05) is 55.6 Å². The number of benzene rings is 2. The van der Waals surface area contributed by atoms with E-state index in [2.05, 4.69) is 37.1 Å². The quantitative estimate of drug-likeness (QED) is 0.242. The maximum Gasteiger partial charge on any atom is 0.262 e. The lowest BCUT2D eigenvalue weighted by atomic mass is 9.93. The molecule has 0 aliphatic carbocycles. The molecule has 3 saturated heterocycles. The highest BCUT2D eigenvalue weighted by atomic mass is 19.1. The maximum absolute atomic E-state index is 13.8. The molecule has 270 valence electrons. The Labute approximate surface area is 305 Å². The van der Waals surface area contributed by atoms with E-state index in [0.29, 0.717) is 17.0 Å². The van der Waals surface area contributed by atoms with E-state index in [1.807, 2.05) is 29.1 Å². The second kappa shape index (κ2) is 13.4. The first-order valence-electron chi connectivity index (χ1n) is 18.4. The molecule has 5 aromatic rings. The van der Waals surface area contributed by atoms with Crippen molar-refractivity contribution in [2.45, 2.75) is 38.1 Å². The van der Waals surface area contributed by atoms with E-state index in [4.69, 9.17) is 4.98 Å². The molecule has 1 atom stereocenters. The standard InChI is InChI=1S/C40H39FN8O4/c41-29-2-1-27-23-42-36(21-28(27)19-29)48-14-10-26-20-35(43-24-34(26)48)47-12-8-25(9-13-47)7-11-45-15-17-46(18-16-45)30-3-4-31-32(22-30)40(53)49(39(31)52)33-5-6-37(50)44-38(33)51/h1-4,10,14,19-25,33H,5-9,11-13,15-18H2,(H,44,50,51). The second-order valence-electron chi connectivity index (χ2n) is 14.5. The van der Waals surface area contributed by atoms with Crippen molar-refractivity contribution < 1.29 is 23.6 Å². The fourth-order valence-corrected chi connectivity index (χ4v) is 8.33. The molecule has 4 aliphatic rings. The number of fused-ring (bicyclic) bond motifs is 3. The Hall–Kier alpha value is -5.69. The van der Waals surface area contributed by atoms with Crippen molar-refractivity contribution in [3.8, 4) is 5.82 Å². The number of anilines is 2. The number of hydrogen-bond donors (Lipinski definition) is 1. The summed E-state index contributed by atoms with van der Waals surface area (Å²) in [4.78, 5) is 68.0. The first-order valence-corrected chi connectivity index (χ1v) is 18.4. The van der Waals surface area contributed by atoms with Crippen molar-refractivity contribution in [1.29, 1.82) is 0 Å². The van der Waals surface area contributed by atoms with Crippen LogP contribution in [0.3, 0.4) is 0 Å². The molecule has 9 rings (SSSR count). The summed E-state index contributed by atoms with van der Waals surface area (Å²) in [5.74, 6) is 0.162. The summed E-state index contributed by atoms with van der Waals surface area (Å²) >= 11 is 0. The van der Waals surface area contributed by atoms with Crippen molar-refractivity contribution in [1.82, 2.24) is 29.7 Å². The van der Waals surface area contributed by atoms with Crippen LogP contribution in [-0.4, -0.2) is 99.8 Å². The highest BCUT2D eigenvalue weighted by Gasteiger charge is 2.44. The minimum atomic E-state index is -0.963. The van der Waals surface area contributed by atoms with Crippen molar-refractivity contribution >= 4 is 56.8 Å². The smallest absolute Gasteiger partial charge is 0.262 e.